The van der Waals surface area contributed by atoms with Gasteiger partial charge in [-0.05, 0) is 25.0 Å². The summed E-state index contributed by atoms with van der Waals surface area (Å²) in [5, 5.41) is 12.5. The van der Waals surface area contributed by atoms with E-state index in [-0.39, 0.29) is 12.0 Å². The molecule has 0 unspecified atom stereocenters. The molecule has 0 heterocycles. The summed E-state index contributed by atoms with van der Waals surface area (Å²) in [7, 11) is 0. The van der Waals surface area contributed by atoms with E-state index in [1.54, 1.807) is 0 Å². The number of rotatable bonds is 5. The highest BCUT2D eigenvalue weighted by atomic mass is 16.3. The van der Waals surface area contributed by atoms with Crippen LogP contribution in [0.3, 0.4) is 0 Å². The minimum absolute atomic E-state index is 0.0431. The van der Waals surface area contributed by atoms with E-state index in [1.807, 2.05) is 0 Å². The Morgan fingerprint density at radius 2 is 1.94 bits per heavy atom. The van der Waals surface area contributed by atoms with Crippen molar-refractivity contribution in [2.24, 2.45) is 5.41 Å². The molecule has 0 saturated heterocycles. The minimum atomic E-state index is -0.0431. The first-order chi connectivity index (χ1) is 7.44. The molecule has 90 valence electrons. The standard InChI is InChI=1S/C14H23NO/c1-11-5-6-13(12(2)7-11)8-15-9-14(3,4)10-16/h5-7,15-16H,8-10H2,1-4H3. The molecule has 1 rings (SSSR count). The van der Waals surface area contributed by atoms with Crippen molar-refractivity contribution >= 4 is 0 Å². The minimum Gasteiger partial charge on any atom is -0.396 e. The van der Waals surface area contributed by atoms with Crippen molar-refractivity contribution in [1.29, 1.82) is 0 Å². The molecule has 1 aromatic rings. The van der Waals surface area contributed by atoms with Crippen LogP contribution in [0.4, 0.5) is 0 Å². The Labute approximate surface area is 98.7 Å². The number of aliphatic hydroxyl groups is 1. The van der Waals surface area contributed by atoms with E-state index in [9.17, 15) is 0 Å². The molecule has 0 saturated carbocycles. The van der Waals surface area contributed by atoms with Gasteiger partial charge < -0.3 is 10.4 Å². The van der Waals surface area contributed by atoms with E-state index in [1.165, 1.54) is 16.7 Å². The SMILES string of the molecule is Cc1ccc(CNCC(C)(C)CO)c(C)c1. The van der Waals surface area contributed by atoms with E-state index in [4.69, 9.17) is 5.11 Å². The topological polar surface area (TPSA) is 32.3 Å². The summed E-state index contributed by atoms with van der Waals surface area (Å²) in [6.07, 6.45) is 0. The van der Waals surface area contributed by atoms with Gasteiger partial charge in [0.2, 0.25) is 0 Å². The van der Waals surface area contributed by atoms with Gasteiger partial charge in [0.15, 0.2) is 0 Å². The van der Waals surface area contributed by atoms with Crippen LogP contribution < -0.4 is 5.32 Å². The fourth-order valence-electron chi connectivity index (χ4n) is 1.64. The predicted octanol–water partition coefficient (Wildman–Crippen LogP) is 2.41. The number of benzene rings is 1. The molecule has 0 aliphatic rings. The maximum absolute atomic E-state index is 9.14. The van der Waals surface area contributed by atoms with Gasteiger partial charge in [-0.2, -0.15) is 0 Å². The lowest BCUT2D eigenvalue weighted by Gasteiger charge is -2.22. The summed E-state index contributed by atoms with van der Waals surface area (Å²) in [5.74, 6) is 0. The molecular weight excluding hydrogens is 198 g/mol. The number of hydrogen-bond donors (Lipinski definition) is 2. The Morgan fingerprint density at radius 1 is 1.25 bits per heavy atom. The molecule has 0 fully saturated rings. The average molecular weight is 221 g/mol. The van der Waals surface area contributed by atoms with Gasteiger partial charge in [0.25, 0.3) is 0 Å². The molecular formula is C14H23NO. The third-order valence-corrected chi connectivity index (χ3v) is 2.85. The number of aryl methyl sites for hydroxylation is 2. The summed E-state index contributed by atoms with van der Waals surface area (Å²) in [4.78, 5) is 0. The molecule has 2 heteroatoms. The molecule has 1 aromatic carbocycles. The van der Waals surface area contributed by atoms with Crippen molar-refractivity contribution in [3.8, 4) is 0 Å². The van der Waals surface area contributed by atoms with Gasteiger partial charge >= 0.3 is 0 Å². The van der Waals surface area contributed by atoms with Gasteiger partial charge in [-0.25, -0.2) is 0 Å². The highest BCUT2D eigenvalue weighted by molar-refractivity contribution is 5.30. The zero-order chi connectivity index (χ0) is 12.2. The molecule has 0 atom stereocenters. The molecule has 0 aliphatic heterocycles. The normalized spacial score (nSPS) is 11.8. The van der Waals surface area contributed by atoms with Crippen LogP contribution in [0.15, 0.2) is 18.2 Å². The Kier molecular flexibility index (Phi) is 4.51. The van der Waals surface area contributed by atoms with Crippen LogP contribution in [0, 0.1) is 19.3 Å². The van der Waals surface area contributed by atoms with Crippen molar-refractivity contribution in [1.82, 2.24) is 5.32 Å². The van der Waals surface area contributed by atoms with Crippen molar-refractivity contribution in [3.63, 3.8) is 0 Å². The maximum atomic E-state index is 9.14. The number of hydrogen-bond acceptors (Lipinski definition) is 2. The second-order valence-electron chi connectivity index (χ2n) is 5.36. The Bertz CT molecular complexity index is 345. The molecule has 0 bridgehead atoms. The van der Waals surface area contributed by atoms with Crippen LogP contribution in [-0.2, 0) is 6.54 Å². The van der Waals surface area contributed by atoms with Crippen molar-refractivity contribution < 1.29 is 5.11 Å². The van der Waals surface area contributed by atoms with Crippen LogP contribution in [0.2, 0.25) is 0 Å². The van der Waals surface area contributed by atoms with Crippen LogP contribution >= 0.6 is 0 Å². The van der Waals surface area contributed by atoms with Crippen molar-refractivity contribution in [2.75, 3.05) is 13.2 Å². The highest BCUT2D eigenvalue weighted by Gasteiger charge is 2.15. The predicted molar refractivity (Wildman–Crippen MR) is 68.5 cm³/mol. The molecule has 0 aliphatic carbocycles. The van der Waals surface area contributed by atoms with Crippen LogP contribution in [0.5, 0.6) is 0 Å². The van der Waals surface area contributed by atoms with Crippen molar-refractivity contribution in [3.05, 3.63) is 34.9 Å². The number of aliphatic hydroxyl groups excluding tert-OH is 1. The van der Waals surface area contributed by atoms with Gasteiger partial charge in [-0.15, -0.1) is 0 Å². The summed E-state index contributed by atoms with van der Waals surface area (Å²) in [6.45, 7) is 10.3. The molecule has 16 heavy (non-hydrogen) atoms. The van der Waals surface area contributed by atoms with Gasteiger partial charge in [0.05, 0.1) is 0 Å². The van der Waals surface area contributed by atoms with Gasteiger partial charge in [-0.3, -0.25) is 0 Å². The summed E-state index contributed by atoms with van der Waals surface area (Å²) < 4.78 is 0. The third-order valence-electron chi connectivity index (χ3n) is 2.85. The van der Waals surface area contributed by atoms with Crippen LogP contribution in [0.1, 0.15) is 30.5 Å². The molecule has 0 spiro atoms. The average Bonchev–Trinajstić information content (AvgIpc) is 2.21. The second kappa shape index (κ2) is 5.46. The molecule has 2 N–H and O–H groups in total. The van der Waals surface area contributed by atoms with Gasteiger partial charge in [0.1, 0.15) is 0 Å². The Balaban J connectivity index is 2.49. The molecule has 0 radical (unpaired) electrons. The number of nitrogens with one attached hydrogen (secondary N) is 1. The van der Waals surface area contributed by atoms with E-state index < -0.39 is 0 Å². The smallest absolute Gasteiger partial charge is 0.0494 e. The van der Waals surface area contributed by atoms with E-state index in [2.05, 4.69) is 51.2 Å². The highest BCUT2D eigenvalue weighted by Crippen LogP contribution is 2.13. The fraction of sp³-hybridized carbons (Fsp3) is 0.571. The van der Waals surface area contributed by atoms with E-state index in [0.29, 0.717) is 0 Å². The zero-order valence-electron chi connectivity index (χ0n) is 10.8. The van der Waals surface area contributed by atoms with Crippen molar-refractivity contribution in [2.45, 2.75) is 34.2 Å². The fourth-order valence-corrected chi connectivity index (χ4v) is 1.64. The molecule has 0 amide bonds. The lowest BCUT2D eigenvalue weighted by molar-refractivity contribution is 0.156. The third kappa shape index (κ3) is 3.95. The monoisotopic (exact) mass is 221 g/mol. The first kappa shape index (κ1) is 13.2. The largest absolute Gasteiger partial charge is 0.396 e. The Morgan fingerprint density at radius 3 is 2.50 bits per heavy atom. The summed E-state index contributed by atoms with van der Waals surface area (Å²) >= 11 is 0. The summed E-state index contributed by atoms with van der Waals surface area (Å²) in [6, 6.07) is 6.51. The lowest BCUT2D eigenvalue weighted by atomic mass is 9.95. The zero-order valence-corrected chi connectivity index (χ0v) is 10.8. The summed E-state index contributed by atoms with van der Waals surface area (Å²) in [5.41, 5.74) is 3.92. The Hall–Kier alpha value is -0.860. The quantitative estimate of drug-likeness (QED) is 0.800. The lowest BCUT2D eigenvalue weighted by Crippen LogP contribution is -2.32. The first-order valence-electron chi connectivity index (χ1n) is 5.82. The second-order valence-corrected chi connectivity index (χ2v) is 5.36. The van der Waals surface area contributed by atoms with Gasteiger partial charge in [0, 0.05) is 25.1 Å². The maximum Gasteiger partial charge on any atom is 0.0494 e. The van der Waals surface area contributed by atoms with Crippen LogP contribution in [0.25, 0.3) is 0 Å². The first-order valence-corrected chi connectivity index (χ1v) is 5.82. The van der Waals surface area contributed by atoms with Gasteiger partial charge in [-0.1, -0.05) is 37.6 Å². The molecule has 2 nitrogen and oxygen atoms in total. The van der Waals surface area contributed by atoms with E-state index in [0.717, 1.165) is 13.1 Å². The molecule has 0 aromatic heterocycles. The van der Waals surface area contributed by atoms with Crippen LogP contribution in [-0.4, -0.2) is 18.3 Å². The van der Waals surface area contributed by atoms with E-state index >= 15 is 0 Å².